The Labute approximate surface area is 113 Å². The molecule has 0 bridgehead atoms. The van der Waals surface area contributed by atoms with Crippen LogP contribution < -0.4 is 11.1 Å². The van der Waals surface area contributed by atoms with E-state index in [0.717, 1.165) is 5.56 Å². The summed E-state index contributed by atoms with van der Waals surface area (Å²) in [5.41, 5.74) is 7.45. The fourth-order valence-corrected chi connectivity index (χ4v) is 1.51. The minimum atomic E-state index is -0.891. The third-order valence-electron chi connectivity index (χ3n) is 2.29. The maximum absolute atomic E-state index is 11.6. The highest BCUT2D eigenvalue weighted by atomic mass is 16.6. The van der Waals surface area contributed by atoms with Gasteiger partial charge in [0.2, 0.25) is 0 Å². The van der Waals surface area contributed by atoms with E-state index in [1.807, 2.05) is 30.3 Å². The first-order valence-corrected chi connectivity index (χ1v) is 6.07. The highest BCUT2D eigenvalue weighted by molar-refractivity contribution is 5.84. The molecule has 2 amide bonds. The van der Waals surface area contributed by atoms with Crippen molar-refractivity contribution in [2.24, 2.45) is 0 Å². The van der Waals surface area contributed by atoms with Crippen LogP contribution in [-0.2, 0) is 16.0 Å². The van der Waals surface area contributed by atoms with Gasteiger partial charge in [0.15, 0.2) is 0 Å². The lowest BCUT2D eigenvalue weighted by Gasteiger charge is -2.22. The first-order valence-electron chi connectivity index (χ1n) is 6.07. The topological polar surface area (TPSA) is 79.2 Å². The molecule has 1 unspecified atom stereocenters. The van der Waals surface area contributed by atoms with Gasteiger partial charge in [0, 0.05) is 6.42 Å². The van der Waals surface area contributed by atoms with Crippen molar-refractivity contribution < 1.29 is 14.3 Å². The van der Waals surface area contributed by atoms with Crippen molar-refractivity contribution >= 4 is 12.0 Å². The fourth-order valence-electron chi connectivity index (χ4n) is 1.51. The number of amides is 2. The molecule has 1 atom stereocenters. The molecule has 0 saturated carbocycles. The maximum atomic E-state index is 11.6. The van der Waals surface area contributed by atoms with Crippen molar-refractivity contribution in [3.8, 4) is 0 Å². The highest BCUT2D eigenvalue weighted by Gasteiger charge is 2.23. The van der Waals surface area contributed by atoms with Gasteiger partial charge in [0.05, 0.1) is 0 Å². The standard InChI is InChI=1S/C14H19N2O3/c1-14(2,3)19-13(18)16-11(12(15)17)9-10-7-5-4-6-8-10/h4-8,11,15H,9H2,1-3H3,(H,16,18). The summed E-state index contributed by atoms with van der Waals surface area (Å²) in [6.07, 6.45) is -0.406. The molecule has 0 aromatic heterocycles. The van der Waals surface area contributed by atoms with E-state index >= 15 is 0 Å². The molecule has 0 fully saturated rings. The van der Waals surface area contributed by atoms with Gasteiger partial charge in [-0.25, -0.2) is 4.79 Å². The average Bonchev–Trinajstić information content (AvgIpc) is 2.26. The van der Waals surface area contributed by atoms with E-state index in [9.17, 15) is 9.59 Å². The van der Waals surface area contributed by atoms with Crippen LogP contribution >= 0.6 is 0 Å². The molecule has 5 nitrogen and oxygen atoms in total. The predicted octanol–water partition coefficient (Wildman–Crippen LogP) is 1.93. The lowest BCUT2D eigenvalue weighted by atomic mass is 10.1. The SMILES string of the molecule is CC(C)(C)OC(=O)NC(Cc1ccccc1)C([NH])=O. The quantitative estimate of drug-likeness (QED) is 0.901. The van der Waals surface area contributed by atoms with Gasteiger partial charge in [0.1, 0.15) is 11.6 Å². The first-order chi connectivity index (χ1) is 8.78. The smallest absolute Gasteiger partial charge is 0.408 e. The second kappa shape index (κ2) is 6.22. The van der Waals surface area contributed by atoms with Crippen LogP contribution in [0.15, 0.2) is 30.3 Å². The minimum absolute atomic E-state index is 0.280. The maximum Gasteiger partial charge on any atom is 0.408 e. The number of nitrogens with one attached hydrogen (secondary N) is 2. The Hall–Kier alpha value is -2.04. The van der Waals surface area contributed by atoms with E-state index in [1.54, 1.807) is 20.8 Å². The molecule has 19 heavy (non-hydrogen) atoms. The molecule has 1 radical (unpaired) electrons. The number of carbonyl (C=O) groups excluding carboxylic acids is 2. The van der Waals surface area contributed by atoms with Crippen molar-refractivity contribution in [1.29, 1.82) is 0 Å². The molecule has 1 rings (SSSR count). The van der Waals surface area contributed by atoms with Crippen LogP contribution in [0.2, 0.25) is 0 Å². The molecule has 0 aliphatic rings. The second-order valence-corrected chi connectivity index (χ2v) is 5.25. The number of hydrogen-bond donors (Lipinski definition) is 1. The Bertz CT molecular complexity index is 438. The van der Waals surface area contributed by atoms with Gasteiger partial charge in [0.25, 0.3) is 5.91 Å². The molecule has 5 heteroatoms. The summed E-state index contributed by atoms with van der Waals surface area (Å²) < 4.78 is 5.07. The molecule has 0 aliphatic heterocycles. The van der Waals surface area contributed by atoms with E-state index in [0.29, 0.717) is 0 Å². The number of hydrogen-bond acceptors (Lipinski definition) is 3. The van der Waals surface area contributed by atoms with Crippen LogP contribution in [0.4, 0.5) is 4.79 Å². The third-order valence-corrected chi connectivity index (χ3v) is 2.29. The Morgan fingerprint density at radius 2 is 1.84 bits per heavy atom. The van der Waals surface area contributed by atoms with Gasteiger partial charge in [-0.1, -0.05) is 30.3 Å². The monoisotopic (exact) mass is 263 g/mol. The molecular formula is C14H19N2O3. The van der Waals surface area contributed by atoms with Crippen molar-refractivity contribution in [3.05, 3.63) is 35.9 Å². The molecular weight excluding hydrogens is 244 g/mol. The summed E-state index contributed by atoms with van der Waals surface area (Å²) >= 11 is 0. The van der Waals surface area contributed by atoms with Crippen molar-refractivity contribution in [3.63, 3.8) is 0 Å². The Morgan fingerprint density at radius 3 is 2.32 bits per heavy atom. The fraction of sp³-hybridized carbons (Fsp3) is 0.429. The molecule has 2 N–H and O–H groups in total. The van der Waals surface area contributed by atoms with Gasteiger partial charge in [-0.05, 0) is 26.3 Å². The summed E-state index contributed by atoms with van der Waals surface area (Å²) in [6.45, 7) is 5.21. The molecule has 1 aromatic rings. The second-order valence-electron chi connectivity index (χ2n) is 5.25. The van der Waals surface area contributed by atoms with Crippen molar-refractivity contribution in [2.45, 2.75) is 38.8 Å². The average molecular weight is 263 g/mol. The zero-order chi connectivity index (χ0) is 14.5. The molecule has 0 saturated heterocycles. The van der Waals surface area contributed by atoms with E-state index in [1.165, 1.54) is 0 Å². The Balaban J connectivity index is 2.64. The summed E-state index contributed by atoms with van der Waals surface area (Å²) in [7, 11) is 0. The number of carbonyl (C=O) groups is 2. The Kier molecular flexibility index (Phi) is 4.92. The highest BCUT2D eigenvalue weighted by Crippen LogP contribution is 2.08. The van der Waals surface area contributed by atoms with Gasteiger partial charge in [-0.2, -0.15) is 0 Å². The van der Waals surface area contributed by atoms with Crippen LogP contribution in [0.25, 0.3) is 0 Å². The van der Waals surface area contributed by atoms with Crippen LogP contribution in [-0.4, -0.2) is 23.6 Å². The number of benzene rings is 1. The lowest BCUT2D eigenvalue weighted by molar-refractivity contribution is -0.120. The van der Waals surface area contributed by atoms with E-state index in [4.69, 9.17) is 10.5 Å². The summed E-state index contributed by atoms with van der Waals surface area (Å²) in [4.78, 5) is 22.8. The van der Waals surface area contributed by atoms with Crippen molar-refractivity contribution in [2.75, 3.05) is 0 Å². The van der Waals surface area contributed by atoms with Crippen LogP contribution in [0.1, 0.15) is 26.3 Å². The summed E-state index contributed by atoms with van der Waals surface area (Å²) in [6, 6.07) is 8.34. The largest absolute Gasteiger partial charge is 0.444 e. The normalized spacial score (nSPS) is 12.6. The first kappa shape index (κ1) is 15.0. The van der Waals surface area contributed by atoms with E-state index in [-0.39, 0.29) is 6.42 Å². The molecule has 1 aromatic carbocycles. The zero-order valence-corrected chi connectivity index (χ0v) is 11.4. The summed E-state index contributed by atoms with van der Waals surface area (Å²) in [5.74, 6) is -0.838. The summed E-state index contributed by atoms with van der Waals surface area (Å²) in [5, 5.41) is 2.42. The van der Waals surface area contributed by atoms with Gasteiger partial charge in [-0.15, -0.1) is 0 Å². The predicted molar refractivity (Wildman–Crippen MR) is 71.4 cm³/mol. The number of ether oxygens (including phenoxy) is 1. The van der Waals surface area contributed by atoms with Crippen LogP contribution in [0.5, 0.6) is 0 Å². The minimum Gasteiger partial charge on any atom is -0.444 e. The molecule has 0 aliphatic carbocycles. The number of rotatable bonds is 4. The van der Waals surface area contributed by atoms with Crippen LogP contribution in [0.3, 0.4) is 0 Å². The van der Waals surface area contributed by atoms with E-state index < -0.39 is 23.6 Å². The van der Waals surface area contributed by atoms with Gasteiger partial charge < -0.3 is 10.1 Å². The molecule has 0 spiro atoms. The Morgan fingerprint density at radius 1 is 1.26 bits per heavy atom. The van der Waals surface area contributed by atoms with Gasteiger partial charge >= 0.3 is 6.09 Å². The molecule has 0 heterocycles. The third kappa shape index (κ3) is 5.90. The van der Waals surface area contributed by atoms with Gasteiger partial charge in [-0.3, -0.25) is 10.5 Å². The lowest BCUT2D eigenvalue weighted by Crippen LogP contribution is -2.45. The molecule has 103 valence electrons. The number of alkyl carbamates (subject to hydrolysis) is 1. The van der Waals surface area contributed by atoms with E-state index in [2.05, 4.69) is 5.32 Å². The van der Waals surface area contributed by atoms with Crippen LogP contribution in [0, 0.1) is 0 Å². The zero-order valence-electron chi connectivity index (χ0n) is 11.4. The van der Waals surface area contributed by atoms with Crippen molar-refractivity contribution in [1.82, 2.24) is 11.1 Å².